The van der Waals surface area contributed by atoms with Crippen LogP contribution in [0.2, 0.25) is 0 Å². The maximum Gasteiger partial charge on any atom is 0.119 e. The average molecular weight is 288 g/mol. The van der Waals surface area contributed by atoms with Crippen molar-refractivity contribution < 1.29 is 4.79 Å². The van der Waals surface area contributed by atoms with Crippen LogP contribution in [0, 0.1) is 3.57 Å². The summed E-state index contributed by atoms with van der Waals surface area (Å²) >= 11 is 2.30. The summed E-state index contributed by atoms with van der Waals surface area (Å²) in [5.41, 5.74) is 1.37. The highest BCUT2D eigenvalue weighted by Crippen LogP contribution is 2.09. The van der Waals surface area contributed by atoms with E-state index in [1.165, 1.54) is 9.13 Å². The molecule has 0 spiro atoms. The average Bonchev–Trinajstić information content (AvgIpc) is 2.15. The van der Waals surface area contributed by atoms with Crippen LogP contribution >= 0.6 is 22.6 Å². The molecular formula is C11H13IO. The van der Waals surface area contributed by atoms with Crippen molar-refractivity contribution in [1.82, 2.24) is 0 Å². The summed E-state index contributed by atoms with van der Waals surface area (Å²) in [6, 6.07) is 8.55. The van der Waals surface area contributed by atoms with Crippen LogP contribution < -0.4 is 0 Å². The maximum atomic E-state index is 10.1. The Balaban J connectivity index is 2.28. The molecule has 0 aliphatic heterocycles. The summed E-state index contributed by atoms with van der Waals surface area (Å²) < 4.78 is 1.27. The van der Waals surface area contributed by atoms with E-state index < -0.39 is 0 Å². The molecule has 0 saturated heterocycles. The van der Waals surface area contributed by atoms with Gasteiger partial charge in [-0.3, -0.25) is 0 Å². The lowest BCUT2D eigenvalue weighted by Gasteiger charge is -1.99. The molecule has 0 fully saturated rings. The first-order valence-corrected chi connectivity index (χ1v) is 5.59. The van der Waals surface area contributed by atoms with Gasteiger partial charge in [-0.05, 0) is 59.5 Å². The molecule has 0 aromatic heterocycles. The topological polar surface area (TPSA) is 17.1 Å². The second kappa shape index (κ2) is 6.13. The van der Waals surface area contributed by atoms with Crippen molar-refractivity contribution in [2.24, 2.45) is 0 Å². The van der Waals surface area contributed by atoms with E-state index in [2.05, 4.69) is 46.9 Å². The lowest BCUT2D eigenvalue weighted by atomic mass is 10.1. The molecule has 0 aliphatic rings. The van der Waals surface area contributed by atoms with Crippen LogP contribution in [0.4, 0.5) is 0 Å². The minimum atomic E-state index is 0.699. The smallest absolute Gasteiger partial charge is 0.119 e. The van der Waals surface area contributed by atoms with Crippen molar-refractivity contribution in [1.29, 1.82) is 0 Å². The van der Waals surface area contributed by atoms with Crippen LogP contribution in [0.15, 0.2) is 24.3 Å². The summed E-state index contributed by atoms with van der Waals surface area (Å²) in [6.07, 6.45) is 4.90. The zero-order valence-corrected chi connectivity index (χ0v) is 9.66. The number of hydrogen-bond acceptors (Lipinski definition) is 1. The second-order valence-electron chi connectivity index (χ2n) is 3.04. The Bertz CT molecular complexity index is 253. The molecule has 0 radical (unpaired) electrons. The minimum Gasteiger partial charge on any atom is -0.303 e. The third-order valence-electron chi connectivity index (χ3n) is 1.95. The Labute approximate surface area is 92.7 Å². The molecular weight excluding hydrogens is 275 g/mol. The summed E-state index contributed by atoms with van der Waals surface area (Å²) in [6.45, 7) is 0. The van der Waals surface area contributed by atoms with E-state index in [1.807, 2.05) is 0 Å². The zero-order chi connectivity index (χ0) is 9.52. The first kappa shape index (κ1) is 10.7. The van der Waals surface area contributed by atoms with Gasteiger partial charge in [-0.1, -0.05) is 12.1 Å². The molecule has 2 heteroatoms. The quantitative estimate of drug-likeness (QED) is 0.462. The molecule has 0 saturated carbocycles. The first-order chi connectivity index (χ1) is 6.33. The van der Waals surface area contributed by atoms with Gasteiger partial charge in [0.1, 0.15) is 6.29 Å². The van der Waals surface area contributed by atoms with Gasteiger partial charge in [0.05, 0.1) is 0 Å². The number of halogens is 1. The van der Waals surface area contributed by atoms with Gasteiger partial charge in [0.15, 0.2) is 0 Å². The zero-order valence-electron chi connectivity index (χ0n) is 7.50. The first-order valence-electron chi connectivity index (χ1n) is 4.51. The summed E-state index contributed by atoms with van der Waals surface area (Å²) in [4.78, 5) is 10.1. The van der Waals surface area contributed by atoms with Gasteiger partial charge in [-0.2, -0.15) is 0 Å². The minimum absolute atomic E-state index is 0.699. The lowest BCUT2D eigenvalue weighted by Crippen LogP contribution is -1.86. The maximum absolute atomic E-state index is 10.1. The molecule has 70 valence electrons. The van der Waals surface area contributed by atoms with E-state index in [0.717, 1.165) is 25.5 Å². The molecule has 0 aliphatic carbocycles. The number of carbonyl (C=O) groups is 1. The van der Waals surface area contributed by atoms with Gasteiger partial charge in [-0.25, -0.2) is 0 Å². The van der Waals surface area contributed by atoms with Gasteiger partial charge in [0, 0.05) is 9.99 Å². The van der Waals surface area contributed by atoms with Gasteiger partial charge < -0.3 is 4.79 Å². The van der Waals surface area contributed by atoms with Crippen LogP contribution in [-0.4, -0.2) is 6.29 Å². The van der Waals surface area contributed by atoms with Crippen molar-refractivity contribution >= 4 is 28.9 Å². The highest BCUT2D eigenvalue weighted by molar-refractivity contribution is 14.1. The number of unbranched alkanes of at least 4 members (excludes halogenated alkanes) is 2. The Morgan fingerprint density at radius 2 is 1.85 bits per heavy atom. The van der Waals surface area contributed by atoms with E-state index in [-0.39, 0.29) is 0 Å². The second-order valence-corrected chi connectivity index (χ2v) is 4.28. The molecule has 1 nitrogen and oxygen atoms in total. The van der Waals surface area contributed by atoms with Gasteiger partial charge in [-0.15, -0.1) is 0 Å². The SMILES string of the molecule is O=CCCCCc1ccc(I)cc1. The summed E-state index contributed by atoms with van der Waals surface area (Å²) in [7, 11) is 0. The fourth-order valence-corrected chi connectivity index (χ4v) is 1.57. The van der Waals surface area contributed by atoms with E-state index >= 15 is 0 Å². The third kappa shape index (κ3) is 4.41. The van der Waals surface area contributed by atoms with E-state index in [1.54, 1.807) is 0 Å². The fourth-order valence-electron chi connectivity index (χ4n) is 1.21. The molecule has 0 amide bonds. The monoisotopic (exact) mass is 288 g/mol. The highest BCUT2D eigenvalue weighted by Gasteiger charge is 1.93. The molecule has 0 unspecified atom stereocenters. The van der Waals surface area contributed by atoms with Crippen LogP contribution in [0.3, 0.4) is 0 Å². The van der Waals surface area contributed by atoms with Gasteiger partial charge >= 0.3 is 0 Å². The normalized spacial score (nSPS) is 9.92. The molecule has 13 heavy (non-hydrogen) atoms. The van der Waals surface area contributed by atoms with Crippen molar-refractivity contribution in [2.75, 3.05) is 0 Å². The number of benzene rings is 1. The van der Waals surface area contributed by atoms with E-state index in [0.29, 0.717) is 6.42 Å². The molecule has 1 aromatic rings. The molecule has 0 heterocycles. The van der Waals surface area contributed by atoms with E-state index in [9.17, 15) is 4.79 Å². The number of aldehydes is 1. The van der Waals surface area contributed by atoms with Gasteiger partial charge in [0.25, 0.3) is 0 Å². The molecule has 0 N–H and O–H groups in total. The fraction of sp³-hybridized carbons (Fsp3) is 0.364. The van der Waals surface area contributed by atoms with E-state index in [4.69, 9.17) is 0 Å². The Hall–Kier alpha value is -0.380. The third-order valence-corrected chi connectivity index (χ3v) is 2.67. The molecule has 0 atom stereocenters. The molecule has 0 bridgehead atoms. The lowest BCUT2D eigenvalue weighted by molar-refractivity contribution is -0.107. The summed E-state index contributed by atoms with van der Waals surface area (Å²) in [5.74, 6) is 0. The summed E-state index contributed by atoms with van der Waals surface area (Å²) in [5, 5.41) is 0. The van der Waals surface area contributed by atoms with Crippen molar-refractivity contribution in [3.05, 3.63) is 33.4 Å². The van der Waals surface area contributed by atoms with Crippen LogP contribution in [0.1, 0.15) is 24.8 Å². The van der Waals surface area contributed by atoms with Crippen LogP contribution in [-0.2, 0) is 11.2 Å². The van der Waals surface area contributed by atoms with Crippen molar-refractivity contribution in [3.63, 3.8) is 0 Å². The number of aryl methyl sites for hydroxylation is 1. The number of carbonyl (C=O) groups excluding carboxylic acids is 1. The highest BCUT2D eigenvalue weighted by atomic mass is 127. The Kier molecular flexibility index (Phi) is 5.05. The predicted molar refractivity (Wildman–Crippen MR) is 62.8 cm³/mol. The van der Waals surface area contributed by atoms with Crippen molar-refractivity contribution in [3.8, 4) is 0 Å². The predicted octanol–water partition coefficient (Wildman–Crippen LogP) is 3.20. The molecule has 1 rings (SSSR count). The van der Waals surface area contributed by atoms with Crippen molar-refractivity contribution in [2.45, 2.75) is 25.7 Å². The van der Waals surface area contributed by atoms with Gasteiger partial charge in [0.2, 0.25) is 0 Å². The number of rotatable bonds is 5. The Morgan fingerprint density at radius 3 is 2.46 bits per heavy atom. The molecule has 1 aromatic carbocycles. The van der Waals surface area contributed by atoms with Crippen LogP contribution in [0.25, 0.3) is 0 Å². The van der Waals surface area contributed by atoms with Crippen LogP contribution in [0.5, 0.6) is 0 Å². The Morgan fingerprint density at radius 1 is 1.15 bits per heavy atom. The standard InChI is InChI=1S/C11H13IO/c12-11-7-5-10(6-8-11)4-2-1-3-9-13/h5-9H,1-4H2. The number of hydrogen-bond donors (Lipinski definition) is 0. The largest absolute Gasteiger partial charge is 0.303 e.